The Morgan fingerprint density at radius 2 is 2.11 bits per heavy atom. The molecular formula is C6H15FP2. The van der Waals surface area contributed by atoms with E-state index in [-0.39, 0.29) is 0 Å². The first-order valence-corrected chi connectivity index (χ1v) is 4.75. The Morgan fingerprint density at radius 1 is 1.56 bits per heavy atom. The maximum Gasteiger partial charge on any atom is 0.101 e. The van der Waals surface area contributed by atoms with Crippen LogP contribution >= 0.6 is 18.5 Å². The number of hydrogen-bond donors (Lipinski definition) is 0. The second-order valence-corrected chi connectivity index (χ2v) is 4.10. The van der Waals surface area contributed by atoms with Gasteiger partial charge in [-0.3, -0.25) is 0 Å². The van der Waals surface area contributed by atoms with Crippen molar-refractivity contribution in [1.82, 2.24) is 0 Å². The van der Waals surface area contributed by atoms with Crippen LogP contribution in [0.15, 0.2) is 0 Å². The number of halogens is 1. The summed E-state index contributed by atoms with van der Waals surface area (Å²) in [4.78, 5) is 0. The van der Waals surface area contributed by atoms with Crippen molar-refractivity contribution in [2.24, 2.45) is 0 Å². The van der Waals surface area contributed by atoms with Gasteiger partial charge in [0.1, 0.15) is 6.17 Å². The summed E-state index contributed by atoms with van der Waals surface area (Å²) in [7, 11) is 5.14. The molecule has 3 heteroatoms. The van der Waals surface area contributed by atoms with Crippen LogP contribution in [0.2, 0.25) is 0 Å². The molecule has 0 aromatic heterocycles. The molecule has 9 heavy (non-hydrogen) atoms. The van der Waals surface area contributed by atoms with Gasteiger partial charge in [-0.25, -0.2) is 4.39 Å². The maximum atomic E-state index is 12.6. The molecule has 4 atom stereocenters. The molecule has 2 unspecified atom stereocenters. The van der Waals surface area contributed by atoms with Crippen LogP contribution in [0.5, 0.6) is 0 Å². The van der Waals surface area contributed by atoms with Crippen LogP contribution in [-0.4, -0.2) is 18.0 Å². The lowest BCUT2D eigenvalue weighted by Gasteiger charge is -2.07. The van der Waals surface area contributed by atoms with Gasteiger partial charge >= 0.3 is 0 Å². The van der Waals surface area contributed by atoms with E-state index >= 15 is 0 Å². The molecule has 0 fully saturated rings. The van der Waals surface area contributed by atoms with Crippen LogP contribution in [-0.2, 0) is 0 Å². The predicted molar refractivity (Wildman–Crippen MR) is 47.9 cm³/mol. The minimum Gasteiger partial charge on any atom is -0.247 e. The Balaban J connectivity index is 3.15. The molecule has 0 aliphatic carbocycles. The summed E-state index contributed by atoms with van der Waals surface area (Å²) in [5.41, 5.74) is 0.413. The molecule has 0 radical (unpaired) electrons. The van der Waals surface area contributed by atoms with Crippen molar-refractivity contribution in [3.05, 3.63) is 0 Å². The molecule has 0 aliphatic rings. The zero-order chi connectivity index (χ0) is 7.28. The summed E-state index contributed by atoms with van der Waals surface area (Å²) >= 11 is 0. The van der Waals surface area contributed by atoms with E-state index in [4.69, 9.17) is 0 Å². The van der Waals surface area contributed by atoms with E-state index in [2.05, 4.69) is 18.5 Å². The monoisotopic (exact) mass is 168 g/mol. The van der Waals surface area contributed by atoms with Gasteiger partial charge in [-0.2, -0.15) is 0 Å². The van der Waals surface area contributed by atoms with Gasteiger partial charge in [-0.1, -0.05) is 6.92 Å². The fourth-order valence-electron chi connectivity index (χ4n) is 0.702. The highest BCUT2D eigenvalue weighted by atomic mass is 31.0. The van der Waals surface area contributed by atoms with E-state index in [1.54, 1.807) is 0 Å². The van der Waals surface area contributed by atoms with Crippen molar-refractivity contribution in [2.75, 3.05) is 6.16 Å². The summed E-state index contributed by atoms with van der Waals surface area (Å²) in [6.07, 6.45) is 1.64. The highest BCUT2D eigenvalue weighted by molar-refractivity contribution is 7.17. The lowest BCUT2D eigenvalue weighted by atomic mass is 10.2. The molecule has 0 spiro atoms. The Bertz CT molecular complexity index is 66.1. The average molecular weight is 168 g/mol. The fourth-order valence-corrected chi connectivity index (χ4v) is 1.36. The standard InChI is InChI=1S/C6H15FP2/c1-5(9)4-6(7)2-3-8/h5-6H,2-4,8-9H2,1H3/t5-,6+/m1/s1. The summed E-state index contributed by atoms with van der Waals surface area (Å²) in [5, 5.41) is 0. The Hall–Kier alpha value is 0.790. The normalized spacial score (nSPS) is 17.3. The van der Waals surface area contributed by atoms with Gasteiger partial charge in [0.25, 0.3) is 0 Å². The molecule has 0 aromatic carbocycles. The fraction of sp³-hybridized carbons (Fsp3) is 1.00. The molecule has 0 rings (SSSR count). The molecule has 0 aliphatic heterocycles. The summed E-state index contributed by atoms with van der Waals surface area (Å²) in [5.74, 6) is 0. The number of hydrogen-bond acceptors (Lipinski definition) is 0. The van der Waals surface area contributed by atoms with E-state index in [1.165, 1.54) is 0 Å². The lowest BCUT2D eigenvalue weighted by molar-refractivity contribution is 0.308. The smallest absolute Gasteiger partial charge is 0.101 e. The van der Waals surface area contributed by atoms with E-state index in [9.17, 15) is 4.39 Å². The van der Waals surface area contributed by atoms with Crippen LogP contribution in [0.1, 0.15) is 19.8 Å². The second-order valence-electron chi connectivity index (χ2n) is 2.39. The quantitative estimate of drug-likeness (QED) is 0.565. The molecule has 0 nitrogen and oxygen atoms in total. The van der Waals surface area contributed by atoms with Crippen LogP contribution in [0.3, 0.4) is 0 Å². The third-order valence-corrected chi connectivity index (χ3v) is 1.71. The molecule has 0 N–H and O–H groups in total. The lowest BCUT2D eigenvalue weighted by Crippen LogP contribution is -2.06. The molecule has 0 aromatic rings. The van der Waals surface area contributed by atoms with E-state index in [1.807, 2.05) is 6.92 Å². The first-order chi connectivity index (χ1) is 4.16. The topological polar surface area (TPSA) is 0 Å². The van der Waals surface area contributed by atoms with Crippen molar-refractivity contribution in [3.8, 4) is 0 Å². The molecule has 56 valence electrons. The summed E-state index contributed by atoms with van der Waals surface area (Å²) in [6, 6.07) is 0. The van der Waals surface area contributed by atoms with Crippen LogP contribution in [0.25, 0.3) is 0 Å². The van der Waals surface area contributed by atoms with Crippen LogP contribution in [0, 0.1) is 0 Å². The first kappa shape index (κ1) is 9.79. The third-order valence-electron chi connectivity index (χ3n) is 1.11. The van der Waals surface area contributed by atoms with E-state index < -0.39 is 6.17 Å². The maximum absolute atomic E-state index is 12.6. The van der Waals surface area contributed by atoms with Crippen molar-refractivity contribution in [1.29, 1.82) is 0 Å². The largest absolute Gasteiger partial charge is 0.247 e. The average Bonchev–Trinajstić information content (AvgIpc) is 1.63. The van der Waals surface area contributed by atoms with Gasteiger partial charge < -0.3 is 0 Å². The SMILES string of the molecule is C[C@@H](P)C[C@@H](F)CCP. The highest BCUT2D eigenvalue weighted by Gasteiger charge is 2.06. The second kappa shape index (κ2) is 5.57. The van der Waals surface area contributed by atoms with Crippen molar-refractivity contribution in [3.63, 3.8) is 0 Å². The number of rotatable bonds is 4. The molecule has 0 heterocycles. The molecular weight excluding hydrogens is 153 g/mol. The molecule has 0 saturated heterocycles. The van der Waals surface area contributed by atoms with Crippen LogP contribution < -0.4 is 0 Å². The van der Waals surface area contributed by atoms with Gasteiger partial charge in [-0.15, -0.1) is 18.5 Å². The van der Waals surface area contributed by atoms with Gasteiger partial charge in [-0.05, 0) is 24.7 Å². The van der Waals surface area contributed by atoms with Gasteiger partial charge in [0, 0.05) is 0 Å². The predicted octanol–water partition coefficient (Wildman–Crippen LogP) is 2.24. The highest BCUT2D eigenvalue weighted by Crippen LogP contribution is 2.13. The summed E-state index contributed by atoms with van der Waals surface area (Å²) < 4.78 is 12.6. The van der Waals surface area contributed by atoms with E-state index in [0.29, 0.717) is 18.5 Å². The van der Waals surface area contributed by atoms with Crippen molar-refractivity contribution in [2.45, 2.75) is 31.6 Å². The van der Waals surface area contributed by atoms with Gasteiger partial charge in [0.15, 0.2) is 0 Å². The molecule has 0 saturated carbocycles. The first-order valence-electron chi connectivity index (χ1n) is 3.26. The minimum absolute atomic E-state index is 0.413. The third kappa shape index (κ3) is 6.68. The van der Waals surface area contributed by atoms with Crippen molar-refractivity contribution >= 4 is 18.5 Å². The Labute approximate surface area is 61.4 Å². The van der Waals surface area contributed by atoms with Gasteiger partial charge in [0.05, 0.1) is 0 Å². The zero-order valence-corrected chi connectivity index (χ0v) is 8.12. The van der Waals surface area contributed by atoms with Crippen molar-refractivity contribution < 1.29 is 4.39 Å². The molecule has 0 amide bonds. The minimum atomic E-state index is -0.602. The number of alkyl halides is 1. The van der Waals surface area contributed by atoms with E-state index in [0.717, 1.165) is 6.16 Å². The molecule has 0 bridgehead atoms. The van der Waals surface area contributed by atoms with Gasteiger partial charge in [0.2, 0.25) is 0 Å². The Morgan fingerprint density at radius 3 is 2.44 bits per heavy atom. The zero-order valence-electron chi connectivity index (χ0n) is 5.81. The van der Waals surface area contributed by atoms with Crippen LogP contribution in [0.4, 0.5) is 4.39 Å². The summed E-state index contributed by atoms with van der Waals surface area (Å²) in [6.45, 7) is 2.01. The Kier molecular flexibility index (Phi) is 6.05.